The largest absolute Gasteiger partial charge is 0.265 e. The van der Waals surface area contributed by atoms with Gasteiger partial charge in [0.2, 0.25) is 0 Å². The van der Waals surface area contributed by atoms with Crippen molar-refractivity contribution in [2.24, 2.45) is 0 Å². The molecule has 0 bridgehead atoms. The molecule has 1 N–H and O–H groups in total. The summed E-state index contributed by atoms with van der Waals surface area (Å²) in [5.41, 5.74) is 1.13. The van der Waals surface area contributed by atoms with Crippen LogP contribution in [-0.4, -0.2) is 23.2 Å². The van der Waals surface area contributed by atoms with Gasteiger partial charge < -0.3 is 0 Å². The third-order valence-electron chi connectivity index (χ3n) is 4.18. The third-order valence-corrected chi connectivity index (χ3v) is 6.41. The highest BCUT2D eigenvalue weighted by molar-refractivity contribution is 7.93. The molecule has 2 heterocycles. The van der Waals surface area contributed by atoms with E-state index in [1.54, 1.807) is 48.7 Å². The Hall–Kier alpha value is -2.32. The lowest BCUT2D eigenvalue weighted by Crippen LogP contribution is -2.15. The van der Waals surface area contributed by atoms with Crippen LogP contribution in [0, 0.1) is 0 Å². The zero-order chi connectivity index (χ0) is 20.6. The number of sulfonamides is 1. The van der Waals surface area contributed by atoms with Crippen molar-refractivity contribution in [3.63, 3.8) is 0 Å². The van der Waals surface area contributed by atoms with Crippen LogP contribution in [0.4, 0.5) is 5.82 Å². The Labute approximate surface area is 182 Å². The number of nitrogens with one attached hydrogen (secondary N) is 1. The topological polar surface area (TPSA) is 76.9 Å². The summed E-state index contributed by atoms with van der Waals surface area (Å²) < 4.78 is 29.8. The maximum Gasteiger partial charge on any atom is 0.265 e. The molecule has 148 valence electrons. The molecule has 0 unspecified atom stereocenters. The van der Waals surface area contributed by atoms with Crippen molar-refractivity contribution in [1.29, 1.82) is 0 Å². The van der Waals surface area contributed by atoms with Gasteiger partial charge in [0.1, 0.15) is 9.92 Å². The van der Waals surface area contributed by atoms with Gasteiger partial charge in [0.25, 0.3) is 10.0 Å². The highest BCUT2D eigenvalue weighted by Crippen LogP contribution is 2.27. The average Bonchev–Trinajstić information content (AvgIpc) is 3.02. The van der Waals surface area contributed by atoms with Crippen molar-refractivity contribution in [2.45, 2.75) is 11.4 Å². The van der Waals surface area contributed by atoms with E-state index in [0.29, 0.717) is 27.5 Å². The first-order valence-corrected chi connectivity index (χ1v) is 11.0. The Morgan fingerprint density at radius 1 is 1.00 bits per heavy atom. The van der Waals surface area contributed by atoms with Crippen LogP contribution in [0.3, 0.4) is 0 Å². The minimum Gasteiger partial charge on any atom is -0.265 e. The molecule has 29 heavy (non-hydrogen) atoms. The Kier molecular flexibility index (Phi) is 5.40. The Morgan fingerprint density at radius 2 is 1.79 bits per heavy atom. The SMILES string of the molecule is O=S(=O)(Nc1nn(Cc2ccc(Cl)cc2Cl)cc1Cl)c1cccc2cccnc12. The number of anilines is 1. The number of rotatable bonds is 5. The van der Waals surface area contributed by atoms with E-state index in [-0.39, 0.29) is 15.7 Å². The second kappa shape index (κ2) is 7.84. The van der Waals surface area contributed by atoms with Crippen LogP contribution < -0.4 is 4.72 Å². The summed E-state index contributed by atoms with van der Waals surface area (Å²) in [6, 6.07) is 13.6. The third kappa shape index (κ3) is 4.18. The minimum absolute atomic E-state index is 0.0182. The fourth-order valence-electron chi connectivity index (χ4n) is 2.85. The summed E-state index contributed by atoms with van der Waals surface area (Å²) in [6.07, 6.45) is 3.06. The molecule has 0 aliphatic rings. The number of halogens is 3. The van der Waals surface area contributed by atoms with E-state index in [1.807, 2.05) is 0 Å². The number of pyridine rings is 1. The lowest BCUT2D eigenvalue weighted by Gasteiger charge is -2.08. The fraction of sp³-hybridized carbons (Fsp3) is 0.0526. The van der Waals surface area contributed by atoms with Crippen LogP contribution in [0.2, 0.25) is 15.1 Å². The Bertz CT molecular complexity index is 1320. The molecule has 4 rings (SSSR count). The molecule has 0 atom stereocenters. The van der Waals surface area contributed by atoms with Gasteiger partial charge in [-0.2, -0.15) is 5.10 Å². The molecule has 0 saturated carbocycles. The van der Waals surface area contributed by atoms with Crippen LogP contribution in [0.15, 0.2) is 65.8 Å². The molecule has 2 aromatic heterocycles. The maximum absolute atomic E-state index is 12.9. The summed E-state index contributed by atoms with van der Waals surface area (Å²) in [6.45, 7) is 0.299. The van der Waals surface area contributed by atoms with Gasteiger partial charge >= 0.3 is 0 Å². The van der Waals surface area contributed by atoms with Crippen molar-refractivity contribution in [3.8, 4) is 0 Å². The molecule has 0 fully saturated rings. The zero-order valence-electron chi connectivity index (χ0n) is 14.7. The highest BCUT2D eigenvalue weighted by atomic mass is 35.5. The number of hydrogen-bond acceptors (Lipinski definition) is 4. The molecule has 6 nitrogen and oxygen atoms in total. The molecule has 10 heteroatoms. The van der Waals surface area contributed by atoms with Gasteiger partial charge in [-0.25, -0.2) is 8.42 Å². The normalized spacial score (nSPS) is 11.7. The zero-order valence-corrected chi connectivity index (χ0v) is 17.8. The van der Waals surface area contributed by atoms with E-state index >= 15 is 0 Å². The molecule has 0 spiro atoms. The van der Waals surface area contributed by atoms with Crippen LogP contribution in [0.1, 0.15) is 5.56 Å². The van der Waals surface area contributed by atoms with Crippen LogP contribution in [0.25, 0.3) is 10.9 Å². The van der Waals surface area contributed by atoms with E-state index in [9.17, 15) is 8.42 Å². The first kappa shape index (κ1) is 20.0. The number of aromatic nitrogens is 3. The van der Waals surface area contributed by atoms with Gasteiger partial charge in [0, 0.05) is 27.8 Å². The molecule has 2 aromatic carbocycles. The number of para-hydroxylation sites is 1. The molecule has 0 amide bonds. The van der Waals surface area contributed by atoms with Gasteiger partial charge in [0.15, 0.2) is 5.82 Å². The molecule has 0 radical (unpaired) electrons. The van der Waals surface area contributed by atoms with Crippen LogP contribution >= 0.6 is 34.8 Å². The lowest BCUT2D eigenvalue weighted by atomic mass is 10.2. The van der Waals surface area contributed by atoms with E-state index in [2.05, 4.69) is 14.8 Å². The first-order chi connectivity index (χ1) is 13.8. The number of nitrogens with zero attached hydrogens (tertiary/aromatic N) is 3. The fourth-order valence-corrected chi connectivity index (χ4v) is 4.77. The molecule has 0 saturated heterocycles. The van der Waals surface area contributed by atoms with Gasteiger partial charge in [-0.3, -0.25) is 14.4 Å². The van der Waals surface area contributed by atoms with E-state index in [0.717, 1.165) is 5.56 Å². The van der Waals surface area contributed by atoms with Crippen LogP contribution in [0.5, 0.6) is 0 Å². The lowest BCUT2D eigenvalue weighted by molar-refractivity contribution is 0.601. The highest BCUT2D eigenvalue weighted by Gasteiger charge is 2.21. The van der Waals surface area contributed by atoms with Crippen LogP contribution in [-0.2, 0) is 16.6 Å². The standard InChI is InChI=1S/C19H13Cl3N4O2S/c20-14-7-6-13(15(21)9-14)10-26-11-16(22)19(24-26)25-29(27,28)17-5-1-3-12-4-2-8-23-18(12)17/h1-9,11H,10H2,(H,24,25). The molecular formula is C19H13Cl3N4O2S. The van der Waals surface area contributed by atoms with Crippen molar-refractivity contribution >= 4 is 61.5 Å². The minimum atomic E-state index is -3.95. The maximum atomic E-state index is 12.9. The van der Waals surface area contributed by atoms with E-state index < -0.39 is 10.0 Å². The van der Waals surface area contributed by atoms with Crippen molar-refractivity contribution < 1.29 is 8.42 Å². The summed E-state index contributed by atoms with van der Waals surface area (Å²) in [5, 5.41) is 6.12. The molecule has 4 aromatic rings. The molecular weight excluding hydrogens is 455 g/mol. The second-order valence-corrected chi connectivity index (χ2v) is 9.10. The second-order valence-electron chi connectivity index (χ2n) is 6.20. The number of fused-ring (bicyclic) bond motifs is 1. The predicted molar refractivity (Wildman–Crippen MR) is 115 cm³/mol. The monoisotopic (exact) mass is 466 g/mol. The summed E-state index contributed by atoms with van der Waals surface area (Å²) in [5.74, 6) is 0.0182. The summed E-state index contributed by atoms with van der Waals surface area (Å²) >= 11 is 18.3. The number of hydrogen-bond donors (Lipinski definition) is 1. The van der Waals surface area contributed by atoms with Gasteiger partial charge in [-0.15, -0.1) is 0 Å². The Morgan fingerprint density at radius 3 is 2.59 bits per heavy atom. The van der Waals surface area contributed by atoms with Gasteiger partial charge in [-0.05, 0) is 29.8 Å². The smallest absolute Gasteiger partial charge is 0.265 e. The molecule has 0 aliphatic carbocycles. The van der Waals surface area contributed by atoms with Crippen molar-refractivity contribution in [1.82, 2.24) is 14.8 Å². The molecule has 0 aliphatic heterocycles. The van der Waals surface area contributed by atoms with Crippen molar-refractivity contribution in [2.75, 3.05) is 4.72 Å². The van der Waals surface area contributed by atoms with E-state index in [4.69, 9.17) is 34.8 Å². The summed E-state index contributed by atoms with van der Waals surface area (Å²) in [4.78, 5) is 4.23. The van der Waals surface area contributed by atoms with Gasteiger partial charge in [0.05, 0.1) is 12.1 Å². The average molecular weight is 468 g/mol. The van der Waals surface area contributed by atoms with E-state index in [1.165, 1.54) is 16.9 Å². The Balaban J connectivity index is 1.64. The first-order valence-electron chi connectivity index (χ1n) is 8.37. The van der Waals surface area contributed by atoms with Crippen molar-refractivity contribution in [3.05, 3.63) is 81.6 Å². The predicted octanol–water partition coefficient (Wildman–Crippen LogP) is 5.24. The summed E-state index contributed by atoms with van der Waals surface area (Å²) in [7, 11) is -3.95. The quantitative estimate of drug-likeness (QED) is 0.435. The van der Waals surface area contributed by atoms with Gasteiger partial charge in [-0.1, -0.05) is 59.1 Å². The number of benzene rings is 2.